The zero-order valence-corrected chi connectivity index (χ0v) is 30.4. The molecule has 3 aromatic carbocycles. The summed E-state index contributed by atoms with van der Waals surface area (Å²) in [7, 11) is 1.51. The number of anilines is 2. The number of nitrogens with one attached hydrogen (secondary N) is 4. The van der Waals surface area contributed by atoms with Gasteiger partial charge in [0.15, 0.2) is 0 Å². The topological polar surface area (TPSA) is 165 Å². The summed E-state index contributed by atoms with van der Waals surface area (Å²) in [6.07, 6.45) is -0.366. The van der Waals surface area contributed by atoms with Gasteiger partial charge in [0, 0.05) is 67.8 Å². The molecule has 3 heterocycles. The number of ether oxygens (including phenoxy) is 2. The zero-order chi connectivity index (χ0) is 37.5. The fraction of sp³-hybridized carbons (Fsp3) is 0.289. The van der Waals surface area contributed by atoms with Crippen LogP contribution in [0.2, 0.25) is 5.02 Å². The van der Waals surface area contributed by atoms with E-state index < -0.39 is 12.2 Å². The standard InChI is InChI=1S/C38H39ClFN5O7S/c1-51-33-19-30(27(39)18-22(33)20-41-21-32(47)24-6-8-31(46)36-25(24)7-9-34(48)44-36)42-35(49)12-16-45-14-10-23(11-15-45)52-38(50)43-29-13-17-53-37(29)26-4-2-3-5-28(26)40/h2-9,13,17-19,23,32,41,46-47H,10-12,14-16,20-21H2,1H3,(H,42,49)(H,43,50)(H,44,48)/t32-/m1/s1. The number of phenolic OH excluding ortho intramolecular Hbond substituents is 1. The molecule has 1 aliphatic heterocycles. The van der Waals surface area contributed by atoms with Crippen LogP contribution in [-0.2, 0) is 16.1 Å². The number of thiophene rings is 1. The van der Waals surface area contributed by atoms with E-state index in [0.717, 1.165) is 0 Å². The van der Waals surface area contributed by atoms with Gasteiger partial charge in [-0.3, -0.25) is 14.9 Å². The number of piperidine rings is 1. The van der Waals surface area contributed by atoms with Crippen molar-refractivity contribution in [1.29, 1.82) is 0 Å². The van der Waals surface area contributed by atoms with E-state index in [-0.39, 0.29) is 47.6 Å². The van der Waals surface area contributed by atoms with Gasteiger partial charge in [-0.1, -0.05) is 35.9 Å². The van der Waals surface area contributed by atoms with E-state index in [2.05, 4.69) is 25.8 Å². The number of benzene rings is 3. The van der Waals surface area contributed by atoms with E-state index in [1.54, 1.807) is 53.9 Å². The zero-order valence-electron chi connectivity index (χ0n) is 28.8. The number of hydrogen-bond donors (Lipinski definition) is 6. The minimum atomic E-state index is -0.944. The summed E-state index contributed by atoms with van der Waals surface area (Å²) in [5.74, 6) is -0.177. The van der Waals surface area contributed by atoms with Crippen LogP contribution in [0.3, 0.4) is 0 Å². The number of aliphatic hydroxyl groups is 1. The van der Waals surface area contributed by atoms with E-state index in [1.807, 2.05) is 0 Å². The molecule has 15 heteroatoms. The van der Waals surface area contributed by atoms with Crippen LogP contribution in [0.25, 0.3) is 21.3 Å². The van der Waals surface area contributed by atoms with Crippen molar-refractivity contribution in [2.24, 2.45) is 0 Å². The maximum atomic E-state index is 14.3. The third-order valence-corrected chi connectivity index (χ3v) is 10.3. The molecule has 0 radical (unpaired) electrons. The lowest BCUT2D eigenvalue weighted by atomic mass is 10.0. The highest BCUT2D eigenvalue weighted by atomic mass is 35.5. The molecule has 6 rings (SSSR count). The van der Waals surface area contributed by atoms with Crippen LogP contribution in [0.4, 0.5) is 20.6 Å². The maximum absolute atomic E-state index is 14.3. The molecule has 0 bridgehead atoms. The molecular formula is C38H39ClFN5O7S. The second-order valence-electron chi connectivity index (χ2n) is 12.6. The highest BCUT2D eigenvalue weighted by Gasteiger charge is 2.24. The van der Waals surface area contributed by atoms with Crippen molar-refractivity contribution in [1.82, 2.24) is 15.2 Å². The number of methoxy groups -OCH3 is 1. The van der Waals surface area contributed by atoms with Crippen LogP contribution < -0.4 is 26.2 Å². The third-order valence-electron chi connectivity index (χ3n) is 9.05. The van der Waals surface area contributed by atoms with E-state index >= 15 is 0 Å². The van der Waals surface area contributed by atoms with Gasteiger partial charge in [0.05, 0.1) is 40.0 Å². The van der Waals surface area contributed by atoms with Gasteiger partial charge in [-0.2, -0.15) is 0 Å². The molecule has 12 nitrogen and oxygen atoms in total. The molecule has 0 aliphatic carbocycles. The van der Waals surface area contributed by atoms with Crippen LogP contribution in [0, 0.1) is 5.82 Å². The number of halogens is 2. The van der Waals surface area contributed by atoms with Gasteiger partial charge in [-0.25, -0.2) is 9.18 Å². The number of H-pyrrole nitrogens is 1. The monoisotopic (exact) mass is 763 g/mol. The number of aromatic amines is 1. The summed E-state index contributed by atoms with van der Waals surface area (Å²) in [6.45, 7) is 2.26. The second kappa shape index (κ2) is 17.2. The van der Waals surface area contributed by atoms with Crippen molar-refractivity contribution in [3.8, 4) is 21.9 Å². The highest BCUT2D eigenvalue weighted by molar-refractivity contribution is 7.14. The fourth-order valence-electron chi connectivity index (χ4n) is 6.30. The van der Waals surface area contributed by atoms with Crippen molar-refractivity contribution in [2.75, 3.05) is 43.9 Å². The molecule has 0 spiro atoms. The smallest absolute Gasteiger partial charge is 0.411 e. The number of phenols is 1. The van der Waals surface area contributed by atoms with Crippen LogP contribution >= 0.6 is 22.9 Å². The SMILES string of the molecule is COc1cc(NC(=O)CCN2CCC(OC(=O)Nc3ccsc3-c3ccccc3F)CC2)c(Cl)cc1CNC[C@@H](O)c1ccc(O)c2[nH]c(=O)ccc12. The summed E-state index contributed by atoms with van der Waals surface area (Å²) in [6, 6.07) is 17.4. The Labute approximate surface area is 313 Å². The average molecular weight is 764 g/mol. The lowest BCUT2D eigenvalue weighted by Gasteiger charge is -2.31. The first kappa shape index (κ1) is 37.8. The molecule has 1 atom stereocenters. The van der Waals surface area contributed by atoms with Crippen molar-refractivity contribution in [2.45, 2.75) is 38.0 Å². The number of amides is 2. The van der Waals surface area contributed by atoms with Crippen molar-refractivity contribution in [3.05, 3.63) is 104 Å². The van der Waals surface area contributed by atoms with E-state index in [9.17, 15) is 29.0 Å². The summed E-state index contributed by atoms with van der Waals surface area (Å²) >= 11 is 7.89. The molecule has 53 heavy (non-hydrogen) atoms. The van der Waals surface area contributed by atoms with Gasteiger partial charge in [0.2, 0.25) is 11.5 Å². The normalized spacial score (nSPS) is 14.2. The predicted molar refractivity (Wildman–Crippen MR) is 203 cm³/mol. The van der Waals surface area contributed by atoms with Gasteiger partial charge in [0.25, 0.3) is 0 Å². The quantitative estimate of drug-likeness (QED) is 0.0773. The number of nitrogens with zero attached hydrogens (tertiary/aromatic N) is 1. The Kier molecular flexibility index (Phi) is 12.3. The van der Waals surface area contributed by atoms with Crippen LogP contribution in [0.5, 0.6) is 11.5 Å². The Balaban J connectivity index is 0.941. The number of aliphatic hydroxyl groups excluding tert-OH is 1. The Morgan fingerprint density at radius 3 is 2.64 bits per heavy atom. The van der Waals surface area contributed by atoms with Gasteiger partial charge < -0.3 is 40.2 Å². The van der Waals surface area contributed by atoms with Crippen molar-refractivity contribution in [3.63, 3.8) is 0 Å². The lowest BCUT2D eigenvalue weighted by Crippen LogP contribution is -2.39. The first-order valence-corrected chi connectivity index (χ1v) is 18.3. The molecular weight excluding hydrogens is 725 g/mol. The molecule has 1 saturated heterocycles. The minimum Gasteiger partial charge on any atom is -0.506 e. The number of rotatable bonds is 13. The van der Waals surface area contributed by atoms with E-state index in [4.69, 9.17) is 21.1 Å². The number of aromatic hydroxyl groups is 1. The number of aromatic nitrogens is 1. The molecule has 0 unspecified atom stereocenters. The van der Waals surface area contributed by atoms with Crippen molar-refractivity contribution < 1.29 is 33.7 Å². The molecule has 278 valence electrons. The molecule has 6 N–H and O–H groups in total. The number of carbonyl (C=O) groups is 2. The Morgan fingerprint density at radius 1 is 1.08 bits per heavy atom. The Hall–Kier alpha value is -4.99. The van der Waals surface area contributed by atoms with Crippen LogP contribution in [-0.4, -0.2) is 71.5 Å². The first-order chi connectivity index (χ1) is 25.6. The number of carbonyl (C=O) groups excluding carboxylic acids is 2. The molecule has 2 amide bonds. The molecule has 0 saturated carbocycles. The van der Waals surface area contributed by atoms with Gasteiger partial charge in [0.1, 0.15) is 23.4 Å². The molecule has 1 aliphatic rings. The third kappa shape index (κ3) is 9.33. The largest absolute Gasteiger partial charge is 0.506 e. The summed E-state index contributed by atoms with van der Waals surface area (Å²) in [5.41, 5.74) is 2.46. The fourth-order valence-corrected chi connectivity index (χ4v) is 7.41. The van der Waals surface area contributed by atoms with Crippen LogP contribution in [0.1, 0.15) is 36.5 Å². The first-order valence-electron chi connectivity index (χ1n) is 17.0. The number of hydrogen-bond acceptors (Lipinski definition) is 10. The molecule has 2 aromatic heterocycles. The highest BCUT2D eigenvalue weighted by Crippen LogP contribution is 2.36. The Bertz CT molecular complexity index is 2150. The lowest BCUT2D eigenvalue weighted by molar-refractivity contribution is -0.116. The summed E-state index contributed by atoms with van der Waals surface area (Å²) in [5, 5.41) is 32.5. The van der Waals surface area contributed by atoms with Gasteiger partial charge >= 0.3 is 6.09 Å². The second-order valence-corrected chi connectivity index (χ2v) is 13.9. The minimum absolute atomic E-state index is 0.0869. The Morgan fingerprint density at radius 2 is 1.87 bits per heavy atom. The van der Waals surface area contributed by atoms with Crippen LogP contribution in [0.15, 0.2) is 76.9 Å². The maximum Gasteiger partial charge on any atom is 0.411 e. The van der Waals surface area contributed by atoms with E-state index in [0.29, 0.717) is 88.1 Å². The number of likely N-dealkylation sites (tertiary alicyclic amines) is 1. The summed E-state index contributed by atoms with van der Waals surface area (Å²) < 4.78 is 25.5. The van der Waals surface area contributed by atoms with E-state index in [1.165, 1.54) is 36.6 Å². The van der Waals surface area contributed by atoms with Crippen molar-refractivity contribution >= 4 is 57.2 Å². The van der Waals surface area contributed by atoms with Gasteiger partial charge in [-0.05, 0) is 54.1 Å². The molecule has 5 aromatic rings. The average Bonchev–Trinajstić information content (AvgIpc) is 3.60. The number of pyridine rings is 1. The molecule has 1 fully saturated rings. The number of fused-ring (bicyclic) bond motifs is 1. The predicted octanol–water partition coefficient (Wildman–Crippen LogP) is 6.63. The summed E-state index contributed by atoms with van der Waals surface area (Å²) in [4.78, 5) is 42.6. The van der Waals surface area contributed by atoms with Gasteiger partial charge in [-0.15, -0.1) is 11.3 Å².